The third kappa shape index (κ3) is 4.39. The van der Waals surface area contributed by atoms with Crippen LogP contribution in [0.3, 0.4) is 0 Å². The maximum atomic E-state index is 13.3. The van der Waals surface area contributed by atoms with Crippen LogP contribution < -0.4 is 9.47 Å². The molecule has 0 amide bonds. The van der Waals surface area contributed by atoms with Gasteiger partial charge in [-0.2, -0.15) is 0 Å². The van der Waals surface area contributed by atoms with Crippen LogP contribution in [-0.2, 0) is 0 Å². The van der Waals surface area contributed by atoms with E-state index in [1.165, 1.54) is 6.92 Å². The largest absolute Gasteiger partial charge is 0.442 e. The van der Waals surface area contributed by atoms with Crippen LogP contribution in [0, 0.1) is 0 Å². The first-order valence-electron chi connectivity index (χ1n) is 8.18. The molecule has 0 fully saturated rings. The number of ketones is 1. The summed E-state index contributed by atoms with van der Waals surface area (Å²) in [5, 5.41) is 0.920. The number of hydrogen-bond acceptors (Lipinski definition) is 3. The van der Waals surface area contributed by atoms with Gasteiger partial charge in [-0.05, 0) is 24.3 Å². The van der Waals surface area contributed by atoms with Crippen molar-refractivity contribution in [3.8, 4) is 11.5 Å². The molecule has 0 saturated carbocycles. The number of halogens is 4. The summed E-state index contributed by atoms with van der Waals surface area (Å²) in [6.07, 6.45) is 0. The fraction of sp³-hybridized carbons (Fsp3) is 0.0952. The van der Waals surface area contributed by atoms with Crippen LogP contribution in [0.5, 0.6) is 11.5 Å². The molecule has 0 heterocycles. The standard InChI is InChI=1S/C21H14Cl4O3/c1-21(20(26)13-7-3-2-4-8-13,27-18-14(22)9-5-10-15(18)23)28-19-16(24)11-6-12-17(19)25/h2-12H,1H3. The minimum Gasteiger partial charge on any atom is -0.442 e. The van der Waals surface area contributed by atoms with Gasteiger partial charge in [-0.25, -0.2) is 0 Å². The third-order valence-electron chi connectivity index (χ3n) is 3.88. The van der Waals surface area contributed by atoms with E-state index in [0.717, 1.165) is 0 Å². The van der Waals surface area contributed by atoms with E-state index in [9.17, 15) is 4.79 Å². The normalized spacial score (nSPS) is 11.2. The molecular weight excluding hydrogens is 442 g/mol. The molecule has 3 aromatic rings. The Balaban J connectivity index is 2.09. The highest BCUT2D eigenvalue weighted by Crippen LogP contribution is 2.40. The summed E-state index contributed by atoms with van der Waals surface area (Å²) in [5.41, 5.74) is 0.372. The fourth-order valence-electron chi connectivity index (χ4n) is 2.51. The zero-order valence-electron chi connectivity index (χ0n) is 14.6. The molecule has 0 aliphatic carbocycles. The lowest BCUT2D eigenvalue weighted by Gasteiger charge is -2.31. The number of carbonyl (C=O) groups is 1. The van der Waals surface area contributed by atoms with Crippen LogP contribution in [0.2, 0.25) is 20.1 Å². The van der Waals surface area contributed by atoms with Crippen LogP contribution >= 0.6 is 46.4 Å². The third-order valence-corrected chi connectivity index (χ3v) is 5.07. The smallest absolute Gasteiger partial charge is 0.313 e. The molecule has 28 heavy (non-hydrogen) atoms. The molecule has 144 valence electrons. The molecule has 0 aliphatic rings. The molecule has 0 unspecified atom stereocenters. The Morgan fingerprint density at radius 2 is 1.07 bits per heavy atom. The van der Waals surface area contributed by atoms with E-state index in [4.69, 9.17) is 55.9 Å². The van der Waals surface area contributed by atoms with Gasteiger partial charge in [-0.1, -0.05) is 88.9 Å². The number of rotatable bonds is 6. The summed E-state index contributed by atoms with van der Waals surface area (Å²) in [6.45, 7) is 1.46. The number of Topliss-reactive ketones (excluding diaryl/α,β-unsaturated/α-hetero) is 1. The number of para-hydroxylation sites is 2. The van der Waals surface area contributed by atoms with Gasteiger partial charge in [0.2, 0.25) is 5.78 Å². The first kappa shape index (κ1) is 20.8. The van der Waals surface area contributed by atoms with Crippen molar-refractivity contribution in [1.82, 2.24) is 0 Å². The van der Waals surface area contributed by atoms with Gasteiger partial charge in [0.25, 0.3) is 0 Å². The maximum Gasteiger partial charge on any atom is 0.313 e. The van der Waals surface area contributed by atoms with E-state index in [1.807, 2.05) is 0 Å². The molecule has 0 aromatic heterocycles. The van der Waals surface area contributed by atoms with E-state index in [0.29, 0.717) is 5.56 Å². The van der Waals surface area contributed by atoms with Crippen LogP contribution in [-0.4, -0.2) is 11.6 Å². The van der Waals surface area contributed by atoms with Gasteiger partial charge >= 0.3 is 5.79 Å². The summed E-state index contributed by atoms with van der Waals surface area (Å²) in [4.78, 5) is 13.3. The lowest BCUT2D eigenvalue weighted by molar-refractivity contribution is -0.0653. The van der Waals surface area contributed by atoms with Gasteiger partial charge in [-0.15, -0.1) is 0 Å². The van der Waals surface area contributed by atoms with Crippen molar-refractivity contribution in [2.45, 2.75) is 12.7 Å². The van der Waals surface area contributed by atoms with E-state index in [1.54, 1.807) is 66.7 Å². The van der Waals surface area contributed by atoms with Crippen LogP contribution in [0.15, 0.2) is 66.7 Å². The SMILES string of the molecule is CC(Oc1c(Cl)cccc1Cl)(Oc1c(Cl)cccc1Cl)C(=O)c1ccccc1. The molecule has 3 rings (SSSR count). The molecule has 3 aromatic carbocycles. The van der Waals surface area contributed by atoms with Gasteiger partial charge < -0.3 is 9.47 Å². The minimum atomic E-state index is -1.84. The van der Waals surface area contributed by atoms with Crippen molar-refractivity contribution < 1.29 is 14.3 Å². The van der Waals surface area contributed by atoms with Crippen molar-refractivity contribution in [3.05, 3.63) is 92.4 Å². The minimum absolute atomic E-state index is 0.112. The van der Waals surface area contributed by atoms with Crippen molar-refractivity contribution in [1.29, 1.82) is 0 Å². The molecule has 0 saturated heterocycles. The van der Waals surface area contributed by atoms with E-state index < -0.39 is 11.6 Å². The number of ether oxygens (including phenoxy) is 2. The van der Waals surface area contributed by atoms with Crippen molar-refractivity contribution in [3.63, 3.8) is 0 Å². The van der Waals surface area contributed by atoms with Gasteiger partial charge in [-0.3, -0.25) is 4.79 Å². The Labute approximate surface area is 182 Å². The highest BCUT2D eigenvalue weighted by Gasteiger charge is 2.41. The summed E-state index contributed by atoms with van der Waals surface area (Å²) in [5.74, 6) is -2.08. The summed E-state index contributed by atoms with van der Waals surface area (Å²) >= 11 is 24.9. The average molecular weight is 456 g/mol. The lowest BCUT2D eigenvalue weighted by Crippen LogP contribution is -2.47. The Morgan fingerprint density at radius 3 is 1.46 bits per heavy atom. The van der Waals surface area contributed by atoms with Crippen molar-refractivity contribution in [2.75, 3.05) is 0 Å². The Bertz CT molecular complexity index is 912. The van der Waals surface area contributed by atoms with Crippen molar-refractivity contribution in [2.24, 2.45) is 0 Å². The summed E-state index contributed by atoms with van der Waals surface area (Å²) in [7, 11) is 0. The average Bonchev–Trinajstić information content (AvgIpc) is 2.68. The topological polar surface area (TPSA) is 35.5 Å². The molecule has 0 spiro atoms. The van der Waals surface area contributed by atoms with E-state index in [2.05, 4.69) is 0 Å². The fourth-order valence-corrected chi connectivity index (χ4v) is 3.46. The van der Waals surface area contributed by atoms with Gasteiger partial charge in [0.05, 0.1) is 20.1 Å². The van der Waals surface area contributed by atoms with E-state index in [-0.39, 0.29) is 31.6 Å². The first-order valence-corrected chi connectivity index (χ1v) is 9.69. The molecule has 3 nitrogen and oxygen atoms in total. The molecule has 7 heteroatoms. The second-order valence-electron chi connectivity index (χ2n) is 5.95. The molecule has 0 bridgehead atoms. The maximum absolute atomic E-state index is 13.3. The quantitative estimate of drug-likeness (QED) is 0.287. The predicted octanol–water partition coefficient (Wildman–Crippen LogP) is 7.36. The summed E-state index contributed by atoms with van der Waals surface area (Å²) in [6, 6.07) is 18.3. The summed E-state index contributed by atoms with van der Waals surface area (Å²) < 4.78 is 11.9. The molecular formula is C21H14Cl4O3. The molecule has 0 radical (unpaired) electrons. The van der Waals surface area contributed by atoms with Gasteiger partial charge in [0.1, 0.15) is 0 Å². The lowest BCUT2D eigenvalue weighted by atomic mass is 10.0. The first-order chi connectivity index (χ1) is 13.3. The number of benzene rings is 3. The van der Waals surface area contributed by atoms with Crippen molar-refractivity contribution >= 4 is 52.2 Å². The predicted molar refractivity (Wildman–Crippen MR) is 113 cm³/mol. The second-order valence-corrected chi connectivity index (χ2v) is 7.58. The monoisotopic (exact) mass is 454 g/mol. The zero-order valence-corrected chi connectivity index (χ0v) is 17.6. The van der Waals surface area contributed by atoms with Crippen LogP contribution in [0.4, 0.5) is 0 Å². The number of carbonyl (C=O) groups excluding carboxylic acids is 1. The molecule has 0 atom stereocenters. The number of hydrogen-bond donors (Lipinski definition) is 0. The molecule has 0 N–H and O–H groups in total. The highest BCUT2D eigenvalue weighted by molar-refractivity contribution is 6.37. The van der Waals surface area contributed by atoms with Gasteiger partial charge in [0.15, 0.2) is 11.5 Å². The molecule has 0 aliphatic heterocycles. The Hall–Kier alpha value is -1.91. The van der Waals surface area contributed by atoms with Crippen LogP contribution in [0.1, 0.15) is 17.3 Å². The van der Waals surface area contributed by atoms with Gasteiger partial charge in [0, 0.05) is 12.5 Å². The highest BCUT2D eigenvalue weighted by atomic mass is 35.5. The van der Waals surface area contributed by atoms with Crippen LogP contribution in [0.25, 0.3) is 0 Å². The second kappa shape index (κ2) is 8.62. The van der Waals surface area contributed by atoms with E-state index >= 15 is 0 Å². The Kier molecular flexibility index (Phi) is 6.41. The Morgan fingerprint density at radius 1 is 0.679 bits per heavy atom. The zero-order chi connectivity index (χ0) is 20.3.